The van der Waals surface area contributed by atoms with Crippen molar-refractivity contribution in [2.45, 2.75) is 13.8 Å². The van der Waals surface area contributed by atoms with Gasteiger partial charge >= 0.3 is 0 Å². The van der Waals surface area contributed by atoms with E-state index in [2.05, 4.69) is 106 Å². The topological polar surface area (TPSA) is 0 Å². The normalized spacial score (nSPS) is 12.0. The van der Waals surface area contributed by atoms with E-state index in [1.165, 1.54) is 49.4 Å². The highest BCUT2D eigenvalue weighted by molar-refractivity contribution is 6.20. The van der Waals surface area contributed by atoms with Crippen LogP contribution in [-0.4, -0.2) is 0 Å². The van der Waals surface area contributed by atoms with Crippen LogP contribution in [0.2, 0.25) is 0 Å². The number of aryl methyl sites for hydroxylation is 1. The molecule has 0 saturated carbocycles. The summed E-state index contributed by atoms with van der Waals surface area (Å²) >= 11 is 0. The molecular weight excluding hydrogens is 360 g/mol. The largest absolute Gasteiger partial charge is 0.0990 e. The van der Waals surface area contributed by atoms with Crippen molar-refractivity contribution < 1.29 is 0 Å². The Morgan fingerprint density at radius 2 is 1.37 bits per heavy atom. The van der Waals surface area contributed by atoms with Gasteiger partial charge in [0, 0.05) is 0 Å². The Bertz CT molecular complexity index is 1270. The lowest BCUT2D eigenvalue weighted by atomic mass is 9.84. The van der Waals surface area contributed by atoms with E-state index < -0.39 is 0 Å². The van der Waals surface area contributed by atoms with Gasteiger partial charge < -0.3 is 0 Å². The van der Waals surface area contributed by atoms with Crippen LogP contribution in [0.1, 0.15) is 23.6 Å². The van der Waals surface area contributed by atoms with E-state index in [-0.39, 0.29) is 0 Å². The molecule has 0 heterocycles. The van der Waals surface area contributed by atoms with Crippen molar-refractivity contribution in [2.75, 3.05) is 0 Å². The van der Waals surface area contributed by atoms with Crippen molar-refractivity contribution in [3.8, 4) is 11.1 Å². The Balaban J connectivity index is 2.27. The Hall–Kier alpha value is -3.64. The predicted octanol–water partition coefficient (Wildman–Crippen LogP) is 8.76. The molecule has 0 spiro atoms. The molecule has 4 rings (SSSR count). The van der Waals surface area contributed by atoms with E-state index in [1.54, 1.807) is 0 Å². The minimum atomic E-state index is 1.09. The van der Waals surface area contributed by atoms with Crippen molar-refractivity contribution in [1.82, 2.24) is 0 Å². The van der Waals surface area contributed by atoms with Gasteiger partial charge in [0.05, 0.1) is 0 Å². The molecule has 0 aliphatic heterocycles. The summed E-state index contributed by atoms with van der Waals surface area (Å²) in [6.07, 6.45) is 10.1. The second kappa shape index (κ2) is 8.39. The molecule has 0 radical (unpaired) electrons. The first kappa shape index (κ1) is 19.7. The fourth-order valence-electron chi connectivity index (χ4n) is 4.40. The zero-order chi connectivity index (χ0) is 21.1. The lowest BCUT2D eigenvalue weighted by molar-refractivity contribution is 1.44. The molecule has 0 aliphatic rings. The molecule has 4 aromatic rings. The molecule has 146 valence electrons. The molecule has 0 saturated heterocycles. The van der Waals surface area contributed by atoms with Gasteiger partial charge in [-0.2, -0.15) is 0 Å². The molecule has 0 nitrogen and oxygen atoms in total. The predicted molar refractivity (Wildman–Crippen MR) is 135 cm³/mol. The van der Waals surface area contributed by atoms with Crippen molar-refractivity contribution in [3.63, 3.8) is 0 Å². The molecule has 0 N–H and O–H groups in total. The van der Waals surface area contributed by atoms with E-state index in [0.29, 0.717) is 0 Å². The van der Waals surface area contributed by atoms with Crippen molar-refractivity contribution in [3.05, 3.63) is 121 Å². The molecule has 30 heavy (non-hydrogen) atoms. The lowest BCUT2D eigenvalue weighted by Gasteiger charge is -2.19. The maximum Gasteiger partial charge on any atom is -0.00203 e. The number of allylic oxidation sites excluding steroid dienone is 5. The zero-order valence-electron chi connectivity index (χ0n) is 17.7. The van der Waals surface area contributed by atoms with Gasteiger partial charge in [0.25, 0.3) is 0 Å². The molecule has 0 atom stereocenters. The second-order valence-electron chi connectivity index (χ2n) is 7.44. The van der Waals surface area contributed by atoms with E-state index in [9.17, 15) is 0 Å². The molecule has 0 fully saturated rings. The van der Waals surface area contributed by atoms with Gasteiger partial charge in [0.2, 0.25) is 0 Å². The molecule has 0 aliphatic carbocycles. The van der Waals surface area contributed by atoms with Crippen LogP contribution >= 0.6 is 0 Å². The quantitative estimate of drug-likeness (QED) is 0.237. The van der Waals surface area contributed by atoms with Crippen molar-refractivity contribution in [1.29, 1.82) is 0 Å². The summed E-state index contributed by atoms with van der Waals surface area (Å²) in [5.41, 5.74) is 7.39. The number of fused-ring (bicyclic) bond motifs is 2. The molecule has 4 aromatic carbocycles. The zero-order valence-corrected chi connectivity index (χ0v) is 17.7. The van der Waals surface area contributed by atoms with Crippen LogP contribution in [0.15, 0.2) is 104 Å². The molecule has 0 bridgehead atoms. The van der Waals surface area contributed by atoms with Crippen LogP contribution in [-0.2, 0) is 0 Å². The Morgan fingerprint density at radius 1 is 0.767 bits per heavy atom. The van der Waals surface area contributed by atoms with Gasteiger partial charge in [-0.25, -0.2) is 0 Å². The minimum Gasteiger partial charge on any atom is -0.0990 e. The molecule has 0 amide bonds. The van der Waals surface area contributed by atoms with Crippen LogP contribution in [0.4, 0.5) is 0 Å². The minimum absolute atomic E-state index is 1.09. The summed E-state index contributed by atoms with van der Waals surface area (Å²) < 4.78 is 0. The lowest BCUT2D eigenvalue weighted by Crippen LogP contribution is -1.95. The molecule has 0 aromatic heterocycles. The number of rotatable bonds is 5. The highest BCUT2D eigenvalue weighted by atomic mass is 14.2. The van der Waals surface area contributed by atoms with Crippen LogP contribution in [0, 0.1) is 6.92 Å². The highest BCUT2D eigenvalue weighted by Gasteiger charge is 2.18. The fourth-order valence-corrected chi connectivity index (χ4v) is 4.40. The van der Waals surface area contributed by atoms with Crippen LogP contribution < -0.4 is 0 Å². The van der Waals surface area contributed by atoms with Gasteiger partial charge in [0.1, 0.15) is 0 Å². The van der Waals surface area contributed by atoms with Gasteiger partial charge in [-0.1, -0.05) is 110 Å². The first-order valence-corrected chi connectivity index (χ1v) is 10.3. The summed E-state index contributed by atoms with van der Waals surface area (Å²) in [6, 6.07) is 23.9. The molecule has 0 heteroatoms. The van der Waals surface area contributed by atoms with Gasteiger partial charge in [0.15, 0.2) is 0 Å². The standard InChI is InChI=1S/C30H26/c1-5-13-22(7-3)29-25-16-8-10-18-27(25)30(28-19-11-9-17-26(28)29)24-20-12-15-21(4)23(24)14-6-2/h5-20H,1,3H2,2,4H3/b14-6-,22-13+. The third-order valence-electron chi connectivity index (χ3n) is 5.66. The SMILES string of the molecule is C=C/C=C(\C=C)c1c2ccccc2c(-c2cccc(C)c2/C=C\C)c2ccccc12. The van der Waals surface area contributed by atoms with Crippen LogP contribution in [0.5, 0.6) is 0 Å². The van der Waals surface area contributed by atoms with Gasteiger partial charge in [-0.15, -0.1) is 0 Å². The van der Waals surface area contributed by atoms with E-state index >= 15 is 0 Å². The number of hydrogen-bond donors (Lipinski definition) is 0. The van der Waals surface area contributed by atoms with Crippen molar-refractivity contribution >= 4 is 33.2 Å². The summed E-state index contributed by atoms with van der Waals surface area (Å²) in [6.45, 7) is 12.2. The molecule has 0 unspecified atom stereocenters. The van der Waals surface area contributed by atoms with Crippen LogP contribution in [0.25, 0.3) is 44.3 Å². The maximum atomic E-state index is 4.08. The number of benzene rings is 4. The Morgan fingerprint density at radius 3 is 1.90 bits per heavy atom. The Labute approximate surface area is 179 Å². The highest BCUT2D eigenvalue weighted by Crippen LogP contribution is 2.43. The average Bonchev–Trinajstić information content (AvgIpc) is 2.78. The van der Waals surface area contributed by atoms with Gasteiger partial charge in [-0.3, -0.25) is 0 Å². The summed E-state index contributed by atoms with van der Waals surface area (Å²) in [5, 5.41) is 4.96. The summed E-state index contributed by atoms with van der Waals surface area (Å²) in [4.78, 5) is 0. The summed E-state index contributed by atoms with van der Waals surface area (Å²) in [5.74, 6) is 0. The average molecular weight is 387 g/mol. The third kappa shape index (κ3) is 3.21. The Kier molecular flexibility index (Phi) is 5.50. The van der Waals surface area contributed by atoms with E-state index in [0.717, 1.165) is 5.57 Å². The first-order chi connectivity index (χ1) is 14.7. The molecular formula is C30H26. The fraction of sp³-hybridized carbons (Fsp3) is 0.0667. The van der Waals surface area contributed by atoms with Gasteiger partial charge in [-0.05, 0) is 68.8 Å². The summed E-state index contributed by atoms with van der Waals surface area (Å²) in [7, 11) is 0. The smallest absolute Gasteiger partial charge is 0.00203 e. The monoisotopic (exact) mass is 386 g/mol. The van der Waals surface area contributed by atoms with E-state index in [4.69, 9.17) is 0 Å². The van der Waals surface area contributed by atoms with E-state index in [1.807, 2.05) is 18.2 Å². The second-order valence-corrected chi connectivity index (χ2v) is 7.44. The third-order valence-corrected chi connectivity index (χ3v) is 5.66. The first-order valence-electron chi connectivity index (χ1n) is 10.3. The van der Waals surface area contributed by atoms with Crippen molar-refractivity contribution in [2.24, 2.45) is 0 Å². The number of hydrogen-bond acceptors (Lipinski definition) is 0. The maximum absolute atomic E-state index is 4.08. The van der Waals surface area contributed by atoms with Crippen LogP contribution in [0.3, 0.4) is 0 Å².